The van der Waals surface area contributed by atoms with E-state index in [0.29, 0.717) is 14.9 Å². The fourth-order valence-electron chi connectivity index (χ4n) is 3.13. The first-order valence-corrected chi connectivity index (χ1v) is 10.1. The fraction of sp³-hybridized carbons (Fsp3) is 0.368. The van der Waals surface area contributed by atoms with Crippen LogP contribution in [0.15, 0.2) is 30.3 Å². The quantitative estimate of drug-likeness (QED) is 0.289. The Morgan fingerprint density at radius 2 is 1.86 bits per heavy atom. The van der Waals surface area contributed by atoms with E-state index in [-0.39, 0.29) is 17.0 Å². The standard InChI is InChI=1S/C19H19ClN2O5S/c20-18-8-7-17(28-18)16(23)12-27-19(24)13-5-6-14(15(11-13)22(25)26)21-9-3-1-2-4-10-21/h5-8,11H,1-4,9-10,12H2. The van der Waals surface area contributed by atoms with Crippen molar-refractivity contribution in [2.45, 2.75) is 25.7 Å². The fourth-order valence-corrected chi connectivity index (χ4v) is 4.09. The predicted molar refractivity (Wildman–Crippen MR) is 108 cm³/mol. The molecule has 3 rings (SSSR count). The molecule has 0 aliphatic carbocycles. The van der Waals surface area contributed by atoms with Gasteiger partial charge in [-0.1, -0.05) is 24.4 Å². The van der Waals surface area contributed by atoms with Crippen molar-refractivity contribution < 1.29 is 19.2 Å². The molecule has 28 heavy (non-hydrogen) atoms. The summed E-state index contributed by atoms with van der Waals surface area (Å²) in [5.74, 6) is -1.15. The molecule has 2 aromatic rings. The number of nitro benzene ring substituents is 1. The summed E-state index contributed by atoms with van der Waals surface area (Å²) in [6, 6.07) is 7.45. The van der Waals surface area contributed by atoms with Crippen molar-refractivity contribution in [2.24, 2.45) is 0 Å². The van der Waals surface area contributed by atoms with Crippen LogP contribution in [0.4, 0.5) is 11.4 Å². The summed E-state index contributed by atoms with van der Waals surface area (Å²) in [7, 11) is 0. The normalized spacial score (nSPS) is 14.4. The number of anilines is 1. The van der Waals surface area contributed by atoms with E-state index in [1.54, 1.807) is 18.2 Å². The first kappa shape index (κ1) is 20.3. The van der Waals surface area contributed by atoms with E-state index in [1.807, 2.05) is 4.90 Å². The third kappa shape index (κ3) is 4.88. The van der Waals surface area contributed by atoms with Gasteiger partial charge >= 0.3 is 5.97 Å². The van der Waals surface area contributed by atoms with Gasteiger partial charge in [-0.25, -0.2) is 4.79 Å². The van der Waals surface area contributed by atoms with Gasteiger partial charge in [-0.05, 0) is 37.1 Å². The van der Waals surface area contributed by atoms with Gasteiger partial charge in [0.2, 0.25) is 5.78 Å². The van der Waals surface area contributed by atoms with Crippen LogP contribution in [-0.2, 0) is 4.74 Å². The first-order valence-electron chi connectivity index (χ1n) is 8.95. The Bertz CT molecular complexity index is 890. The number of hydrogen-bond donors (Lipinski definition) is 0. The molecule has 0 atom stereocenters. The molecule has 1 aromatic carbocycles. The van der Waals surface area contributed by atoms with Gasteiger partial charge < -0.3 is 9.64 Å². The molecule has 1 aliphatic heterocycles. The molecule has 0 amide bonds. The van der Waals surface area contributed by atoms with Crippen molar-refractivity contribution >= 4 is 46.1 Å². The van der Waals surface area contributed by atoms with E-state index in [2.05, 4.69) is 0 Å². The van der Waals surface area contributed by atoms with Gasteiger partial charge in [0.1, 0.15) is 5.69 Å². The Morgan fingerprint density at radius 3 is 2.46 bits per heavy atom. The molecule has 0 radical (unpaired) electrons. The maximum atomic E-state index is 12.3. The van der Waals surface area contributed by atoms with Crippen LogP contribution in [0.5, 0.6) is 0 Å². The molecule has 1 saturated heterocycles. The highest BCUT2D eigenvalue weighted by molar-refractivity contribution is 7.18. The van der Waals surface area contributed by atoms with Gasteiger partial charge in [0.05, 0.1) is 19.7 Å². The number of ketones is 1. The second-order valence-electron chi connectivity index (χ2n) is 6.46. The largest absolute Gasteiger partial charge is 0.454 e. The number of nitro groups is 1. The van der Waals surface area contributed by atoms with Crippen LogP contribution in [0, 0.1) is 10.1 Å². The van der Waals surface area contributed by atoms with E-state index in [0.717, 1.165) is 50.1 Å². The highest BCUT2D eigenvalue weighted by Crippen LogP contribution is 2.31. The smallest absolute Gasteiger partial charge is 0.338 e. The first-order chi connectivity index (χ1) is 13.5. The number of carbonyl (C=O) groups excluding carboxylic acids is 2. The van der Waals surface area contributed by atoms with E-state index >= 15 is 0 Å². The minimum Gasteiger partial charge on any atom is -0.454 e. The number of benzene rings is 1. The van der Waals surface area contributed by atoms with E-state index in [9.17, 15) is 19.7 Å². The van der Waals surface area contributed by atoms with Gasteiger partial charge in [-0.3, -0.25) is 14.9 Å². The number of Topliss-reactive ketones (excluding diaryl/α,β-unsaturated/α-hetero) is 1. The summed E-state index contributed by atoms with van der Waals surface area (Å²) in [6.45, 7) is 1.06. The molecular formula is C19H19ClN2O5S. The lowest BCUT2D eigenvalue weighted by atomic mass is 10.1. The lowest BCUT2D eigenvalue weighted by Crippen LogP contribution is -2.25. The summed E-state index contributed by atoms with van der Waals surface area (Å²) in [4.78, 5) is 37.7. The number of ether oxygens (including phenoxy) is 1. The lowest BCUT2D eigenvalue weighted by molar-refractivity contribution is -0.384. The van der Waals surface area contributed by atoms with Crippen LogP contribution in [0.2, 0.25) is 4.34 Å². The number of esters is 1. The molecule has 0 spiro atoms. The predicted octanol–water partition coefficient (Wildman–Crippen LogP) is 4.73. The Labute approximate surface area is 171 Å². The number of rotatable bonds is 6. The van der Waals surface area contributed by atoms with Crippen LogP contribution >= 0.6 is 22.9 Å². The summed E-state index contributed by atoms with van der Waals surface area (Å²) in [5, 5.41) is 11.5. The van der Waals surface area contributed by atoms with Crippen molar-refractivity contribution in [1.82, 2.24) is 0 Å². The molecule has 148 valence electrons. The topological polar surface area (TPSA) is 89.8 Å². The second kappa shape index (κ2) is 9.16. The van der Waals surface area contributed by atoms with Gasteiger partial charge in [0, 0.05) is 19.2 Å². The van der Waals surface area contributed by atoms with Gasteiger partial charge in [-0.15, -0.1) is 11.3 Å². The van der Waals surface area contributed by atoms with E-state index in [4.69, 9.17) is 16.3 Å². The molecule has 1 aliphatic rings. The van der Waals surface area contributed by atoms with E-state index < -0.39 is 17.5 Å². The number of carbonyl (C=O) groups is 2. The third-order valence-corrected chi connectivity index (χ3v) is 5.81. The van der Waals surface area contributed by atoms with Crippen molar-refractivity contribution in [3.8, 4) is 0 Å². The Morgan fingerprint density at radius 1 is 1.14 bits per heavy atom. The average Bonchev–Trinajstić information content (AvgIpc) is 2.95. The Hall–Kier alpha value is -2.45. The van der Waals surface area contributed by atoms with Crippen molar-refractivity contribution in [3.63, 3.8) is 0 Å². The highest BCUT2D eigenvalue weighted by atomic mass is 35.5. The molecule has 9 heteroatoms. The van der Waals surface area contributed by atoms with Crippen molar-refractivity contribution in [2.75, 3.05) is 24.6 Å². The minimum absolute atomic E-state index is 0.0438. The molecule has 0 saturated carbocycles. The average molecular weight is 423 g/mol. The minimum atomic E-state index is -0.776. The van der Waals surface area contributed by atoms with Gasteiger partial charge in [0.25, 0.3) is 5.69 Å². The SMILES string of the molecule is O=C(OCC(=O)c1ccc(Cl)s1)c1ccc(N2CCCCCC2)c([N+](=O)[O-])c1. The molecule has 0 N–H and O–H groups in total. The number of hydrogen-bond acceptors (Lipinski definition) is 7. The second-order valence-corrected chi connectivity index (χ2v) is 8.18. The summed E-state index contributed by atoms with van der Waals surface area (Å²) < 4.78 is 5.50. The van der Waals surface area contributed by atoms with Crippen LogP contribution in [-0.4, -0.2) is 36.4 Å². The summed E-state index contributed by atoms with van der Waals surface area (Å²) >= 11 is 6.89. The van der Waals surface area contributed by atoms with Crippen LogP contribution < -0.4 is 4.90 Å². The molecule has 0 unspecified atom stereocenters. The third-order valence-electron chi connectivity index (χ3n) is 4.54. The number of nitrogens with zero attached hydrogens (tertiary/aromatic N) is 2. The van der Waals surface area contributed by atoms with E-state index in [1.165, 1.54) is 12.1 Å². The maximum Gasteiger partial charge on any atom is 0.338 e. The lowest BCUT2D eigenvalue weighted by Gasteiger charge is -2.22. The van der Waals surface area contributed by atoms with Crippen molar-refractivity contribution in [1.29, 1.82) is 0 Å². The maximum absolute atomic E-state index is 12.3. The number of halogens is 1. The summed E-state index contributed by atoms with van der Waals surface area (Å²) in [5.41, 5.74) is 0.419. The van der Waals surface area contributed by atoms with Gasteiger partial charge in [0.15, 0.2) is 6.61 Å². The zero-order valence-corrected chi connectivity index (χ0v) is 16.6. The highest BCUT2D eigenvalue weighted by Gasteiger charge is 2.23. The number of thiophene rings is 1. The monoisotopic (exact) mass is 422 g/mol. The molecule has 7 nitrogen and oxygen atoms in total. The van der Waals surface area contributed by atoms with Crippen LogP contribution in [0.25, 0.3) is 0 Å². The van der Waals surface area contributed by atoms with Crippen LogP contribution in [0.3, 0.4) is 0 Å². The molecule has 0 bridgehead atoms. The van der Waals surface area contributed by atoms with Gasteiger partial charge in [-0.2, -0.15) is 0 Å². The summed E-state index contributed by atoms with van der Waals surface area (Å²) in [6.07, 6.45) is 4.18. The molecular weight excluding hydrogens is 404 g/mol. The zero-order valence-electron chi connectivity index (χ0n) is 15.1. The molecule has 2 heterocycles. The van der Waals surface area contributed by atoms with Crippen molar-refractivity contribution in [3.05, 3.63) is 55.2 Å². The molecule has 1 aromatic heterocycles. The zero-order chi connectivity index (χ0) is 20.1. The molecule has 1 fully saturated rings. The Kier molecular flexibility index (Phi) is 6.64. The van der Waals surface area contributed by atoms with Crippen LogP contribution in [0.1, 0.15) is 45.7 Å². The Balaban J connectivity index is 1.72.